The molecule has 3 rings (SSSR count). The van der Waals surface area contributed by atoms with Gasteiger partial charge in [0, 0.05) is 37.8 Å². The highest BCUT2D eigenvalue weighted by atomic mass is 32.2. The van der Waals surface area contributed by atoms with Crippen molar-refractivity contribution < 1.29 is 18.1 Å². The van der Waals surface area contributed by atoms with E-state index < -0.39 is 20.9 Å². The lowest BCUT2D eigenvalue weighted by Gasteiger charge is -2.31. The number of nitrogens with one attached hydrogen (secondary N) is 2. The lowest BCUT2D eigenvalue weighted by molar-refractivity contribution is -0.384. The molecule has 0 radical (unpaired) electrons. The van der Waals surface area contributed by atoms with Crippen LogP contribution in [0.3, 0.4) is 0 Å². The second-order valence-electron chi connectivity index (χ2n) is 8.55. The molecule has 0 aromatic heterocycles. The van der Waals surface area contributed by atoms with Gasteiger partial charge in [0.1, 0.15) is 5.69 Å². The van der Waals surface area contributed by atoms with Gasteiger partial charge < -0.3 is 10.2 Å². The maximum absolute atomic E-state index is 12.5. The zero-order valence-electron chi connectivity index (χ0n) is 19.1. The molecule has 1 saturated heterocycles. The molecule has 2 aromatic carbocycles. The van der Waals surface area contributed by atoms with Crippen LogP contribution in [0.1, 0.15) is 41.3 Å². The Morgan fingerprint density at radius 1 is 1.12 bits per heavy atom. The maximum atomic E-state index is 12.5. The highest BCUT2D eigenvalue weighted by molar-refractivity contribution is 7.89. The number of hydrogen-bond donors (Lipinski definition) is 2. The monoisotopic (exact) mass is 474 g/mol. The number of sulfonamides is 1. The van der Waals surface area contributed by atoms with Gasteiger partial charge in [-0.05, 0) is 61.9 Å². The van der Waals surface area contributed by atoms with Crippen LogP contribution in [0.2, 0.25) is 0 Å². The fourth-order valence-corrected chi connectivity index (χ4v) is 5.23. The van der Waals surface area contributed by atoms with Crippen LogP contribution in [0.5, 0.6) is 0 Å². The molecule has 1 aliphatic rings. The van der Waals surface area contributed by atoms with Crippen LogP contribution >= 0.6 is 0 Å². The summed E-state index contributed by atoms with van der Waals surface area (Å²) < 4.78 is 27.6. The van der Waals surface area contributed by atoms with Gasteiger partial charge in [-0.2, -0.15) is 0 Å². The zero-order chi connectivity index (χ0) is 24.2. The highest BCUT2D eigenvalue weighted by Crippen LogP contribution is 2.32. The molecule has 10 heteroatoms. The van der Waals surface area contributed by atoms with Gasteiger partial charge in [0.2, 0.25) is 10.0 Å². The van der Waals surface area contributed by atoms with Gasteiger partial charge in [0.15, 0.2) is 0 Å². The number of amides is 1. The zero-order valence-corrected chi connectivity index (χ0v) is 19.9. The molecular formula is C23H30N4O5S. The molecule has 0 spiro atoms. The van der Waals surface area contributed by atoms with Crippen LogP contribution in [0.4, 0.5) is 11.4 Å². The molecule has 0 unspecified atom stereocenters. The number of nitro groups is 1. The van der Waals surface area contributed by atoms with Gasteiger partial charge >= 0.3 is 0 Å². The first-order chi connectivity index (χ1) is 15.6. The van der Waals surface area contributed by atoms with E-state index in [1.165, 1.54) is 6.07 Å². The first-order valence-corrected chi connectivity index (χ1v) is 12.5. The summed E-state index contributed by atoms with van der Waals surface area (Å²) >= 11 is 0. The molecule has 178 valence electrons. The lowest BCUT2D eigenvalue weighted by atomic mass is 9.98. The third-order valence-electron chi connectivity index (χ3n) is 5.89. The minimum absolute atomic E-state index is 0.00635. The Labute approximate surface area is 194 Å². The van der Waals surface area contributed by atoms with E-state index in [9.17, 15) is 23.3 Å². The highest BCUT2D eigenvalue weighted by Gasteiger charge is 2.25. The van der Waals surface area contributed by atoms with Crippen molar-refractivity contribution in [2.45, 2.75) is 38.5 Å². The van der Waals surface area contributed by atoms with E-state index in [1.54, 1.807) is 31.2 Å². The second kappa shape index (κ2) is 10.3. The molecule has 1 heterocycles. The Hall–Kier alpha value is -2.98. The average molecular weight is 475 g/mol. The third kappa shape index (κ3) is 6.08. The largest absolute Gasteiger partial charge is 0.366 e. The van der Waals surface area contributed by atoms with Gasteiger partial charge in [0.25, 0.3) is 11.6 Å². The molecule has 1 amide bonds. The molecule has 2 aromatic rings. The van der Waals surface area contributed by atoms with E-state index in [0.29, 0.717) is 17.2 Å². The van der Waals surface area contributed by atoms with Crippen molar-refractivity contribution in [3.63, 3.8) is 0 Å². The predicted octanol–water partition coefficient (Wildman–Crippen LogP) is 3.16. The number of nitro benzene ring substituents is 1. The molecule has 0 bridgehead atoms. The van der Waals surface area contributed by atoms with Crippen molar-refractivity contribution in [2.75, 3.05) is 31.1 Å². The normalized spacial score (nSPS) is 14.8. The number of hydrogen-bond acceptors (Lipinski definition) is 6. The van der Waals surface area contributed by atoms with E-state index >= 15 is 0 Å². The number of carbonyl (C=O) groups excluding carboxylic acids is 1. The summed E-state index contributed by atoms with van der Waals surface area (Å²) in [5.41, 5.74) is 2.04. The quantitative estimate of drug-likeness (QED) is 0.344. The smallest absolute Gasteiger partial charge is 0.293 e. The fourth-order valence-electron chi connectivity index (χ4n) is 3.87. The Bertz CT molecular complexity index is 1140. The number of aryl methyl sites for hydroxylation is 2. The van der Waals surface area contributed by atoms with E-state index in [1.807, 2.05) is 17.9 Å². The summed E-state index contributed by atoms with van der Waals surface area (Å²) in [7, 11) is -3.71. The summed E-state index contributed by atoms with van der Waals surface area (Å²) in [6, 6.07) is 9.64. The topological polar surface area (TPSA) is 122 Å². The first-order valence-electron chi connectivity index (χ1n) is 11.0. The summed E-state index contributed by atoms with van der Waals surface area (Å²) in [5, 5.41) is 14.2. The van der Waals surface area contributed by atoms with Crippen LogP contribution in [-0.4, -0.2) is 45.4 Å². The van der Waals surface area contributed by atoms with Crippen molar-refractivity contribution in [1.29, 1.82) is 0 Å². The summed E-state index contributed by atoms with van der Waals surface area (Å²) in [6.07, 6.45) is 1.94. The van der Waals surface area contributed by atoms with Crippen molar-refractivity contribution >= 4 is 27.3 Å². The van der Waals surface area contributed by atoms with E-state index in [4.69, 9.17) is 0 Å². The summed E-state index contributed by atoms with van der Waals surface area (Å²) in [6.45, 7) is 7.23. The Balaban J connectivity index is 1.61. The van der Waals surface area contributed by atoms with E-state index in [-0.39, 0.29) is 29.2 Å². The Morgan fingerprint density at radius 2 is 1.82 bits per heavy atom. The molecule has 0 saturated carbocycles. The van der Waals surface area contributed by atoms with Crippen LogP contribution in [0, 0.1) is 29.9 Å². The van der Waals surface area contributed by atoms with E-state index in [2.05, 4.69) is 17.0 Å². The number of anilines is 1. The number of rotatable bonds is 8. The summed E-state index contributed by atoms with van der Waals surface area (Å²) in [4.78, 5) is 25.9. The Kier molecular flexibility index (Phi) is 7.70. The second-order valence-corrected chi connectivity index (χ2v) is 10.3. The number of benzene rings is 2. The van der Waals surface area contributed by atoms with Crippen LogP contribution in [-0.2, 0) is 10.0 Å². The average Bonchev–Trinajstić information content (AvgIpc) is 2.78. The van der Waals surface area contributed by atoms with Gasteiger partial charge in [-0.3, -0.25) is 14.9 Å². The van der Waals surface area contributed by atoms with Crippen molar-refractivity contribution in [2.24, 2.45) is 5.92 Å². The summed E-state index contributed by atoms with van der Waals surface area (Å²) in [5.74, 6) is 0.0976. The standard InChI is InChI=1S/C23H30N4O5S/c1-16-8-12-26(13-9-16)20-7-6-19(15-21(20)27(29)30)23(28)24-10-11-25-33(31,32)22-14-17(2)4-5-18(22)3/h4-7,14-16,25H,8-13H2,1-3H3,(H,24,28). The van der Waals surface area contributed by atoms with Crippen molar-refractivity contribution in [3.8, 4) is 0 Å². The van der Waals surface area contributed by atoms with Gasteiger partial charge in [-0.15, -0.1) is 0 Å². The molecule has 0 atom stereocenters. The van der Waals surface area contributed by atoms with Crippen LogP contribution < -0.4 is 14.9 Å². The SMILES string of the molecule is Cc1ccc(C)c(S(=O)(=O)NCCNC(=O)c2ccc(N3CCC(C)CC3)c([N+](=O)[O-])c2)c1. The van der Waals surface area contributed by atoms with Crippen LogP contribution in [0.15, 0.2) is 41.3 Å². The minimum Gasteiger partial charge on any atom is -0.366 e. The first kappa shape index (κ1) is 24.7. The third-order valence-corrected chi connectivity index (χ3v) is 7.50. The molecular weight excluding hydrogens is 444 g/mol. The number of carbonyl (C=O) groups is 1. The molecule has 2 N–H and O–H groups in total. The van der Waals surface area contributed by atoms with Gasteiger partial charge in [0.05, 0.1) is 9.82 Å². The molecule has 33 heavy (non-hydrogen) atoms. The number of nitrogens with zero attached hydrogens (tertiary/aromatic N) is 2. The molecule has 1 fully saturated rings. The van der Waals surface area contributed by atoms with Crippen molar-refractivity contribution in [1.82, 2.24) is 10.0 Å². The van der Waals surface area contributed by atoms with Gasteiger partial charge in [-0.1, -0.05) is 19.1 Å². The van der Waals surface area contributed by atoms with Gasteiger partial charge in [-0.25, -0.2) is 13.1 Å². The minimum atomic E-state index is -3.71. The van der Waals surface area contributed by atoms with Crippen molar-refractivity contribution in [3.05, 3.63) is 63.2 Å². The Morgan fingerprint density at radius 3 is 2.48 bits per heavy atom. The lowest BCUT2D eigenvalue weighted by Crippen LogP contribution is -2.35. The molecule has 9 nitrogen and oxygen atoms in total. The molecule has 0 aliphatic carbocycles. The molecule has 1 aliphatic heterocycles. The number of piperidine rings is 1. The van der Waals surface area contributed by atoms with E-state index in [0.717, 1.165) is 31.5 Å². The van der Waals surface area contributed by atoms with Crippen LogP contribution in [0.25, 0.3) is 0 Å². The maximum Gasteiger partial charge on any atom is 0.293 e. The predicted molar refractivity (Wildman–Crippen MR) is 127 cm³/mol. The fraction of sp³-hybridized carbons (Fsp3) is 0.435.